The number of carbonyl (C=O) groups excluding carboxylic acids is 1. The average molecular weight is 498 g/mol. The lowest BCUT2D eigenvalue weighted by Crippen LogP contribution is -2.38. The molecule has 0 bridgehead atoms. The molecule has 4 N–H and O–H groups in total. The van der Waals surface area contributed by atoms with E-state index in [-0.39, 0.29) is 30.8 Å². The first-order chi connectivity index (χ1) is 17.1. The van der Waals surface area contributed by atoms with E-state index in [1.165, 1.54) is 6.33 Å². The number of carbonyl (C=O) groups is 1. The van der Waals surface area contributed by atoms with Crippen molar-refractivity contribution in [1.82, 2.24) is 25.8 Å². The third kappa shape index (κ3) is 6.61. The van der Waals surface area contributed by atoms with Gasteiger partial charge in [0, 0.05) is 30.3 Å². The van der Waals surface area contributed by atoms with E-state index in [1.54, 1.807) is 11.8 Å². The highest BCUT2D eigenvalue weighted by Gasteiger charge is 2.38. The van der Waals surface area contributed by atoms with Crippen LogP contribution in [0.5, 0.6) is 0 Å². The summed E-state index contributed by atoms with van der Waals surface area (Å²) in [5, 5.41) is 22.5. The van der Waals surface area contributed by atoms with Crippen LogP contribution in [0.15, 0.2) is 60.0 Å². The van der Waals surface area contributed by atoms with Crippen LogP contribution < -0.4 is 10.6 Å². The number of hydrogen-bond acceptors (Lipinski definition) is 7. The van der Waals surface area contributed by atoms with Crippen molar-refractivity contribution in [3.8, 4) is 0 Å². The van der Waals surface area contributed by atoms with E-state index in [4.69, 9.17) is 9.47 Å². The molecule has 2 aromatic carbocycles. The maximum absolute atomic E-state index is 11.7. The Morgan fingerprint density at radius 3 is 2.43 bits per heavy atom. The Morgan fingerprint density at radius 1 is 1.06 bits per heavy atom. The second-order valence-electron chi connectivity index (χ2n) is 8.38. The summed E-state index contributed by atoms with van der Waals surface area (Å²) < 4.78 is 12.9. The van der Waals surface area contributed by atoms with Crippen LogP contribution in [0.3, 0.4) is 0 Å². The molecule has 0 radical (unpaired) electrons. The molecule has 1 saturated heterocycles. The van der Waals surface area contributed by atoms with Gasteiger partial charge in [-0.2, -0.15) is 5.10 Å². The molecule has 9 nitrogen and oxygen atoms in total. The van der Waals surface area contributed by atoms with Gasteiger partial charge in [-0.25, -0.2) is 9.78 Å². The normalized spacial score (nSPS) is 22.0. The largest absolute Gasteiger partial charge is 0.392 e. The molecular formula is C25H31N5O4S. The molecule has 2 amide bonds. The summed E-state index contributed by atoms with van der Waals surface area (Å²) in [5.41, 5.74) is 3.79. The molecule has 0 spiro atoms. The number of urea groups is 1. The van der Waals surface area contributed by atoms with Gasteiger partial charge in [0.2, 0.25) is 0 Å². The topological polar surface area (TPSA) is 121 Å². The second kappa shape index (κ2) is 12.2. The van der Waals surface area contributed by atoms with Crippen LogP contribution in [-0.2, 0) is 22.6 Å². The molecule has 0 aliphatic carbocycles. The number of aromatic nitrogens is 3. The number of hydrogen-bond donors (Lipinski definition) is 4. The van der Waals surface area contributed by atoms with Crippen LogP contribution in [0.1, 0.15) is 48.5 Å². The molecule has 1 fully saturated rings. The molecule has 1 aliphatic heterocycles. The minimum atomic E-state index is -0.542. The Hall–Kier alpha value is -2.92. The molecular weight excluding hydrogens is 466 g/mol. The van der Waals surface area contributed by atoms with Gasteiger partial charge in [0.25, 0.3) is 0 Å². The van der Waals surface area contributed by atoms with Crippen molar-refractivity contribution in [3.05, 3.63) is 77.1 Å². The van der Waals surface area contributed by atoms with Crippen LogP contribution in [0.4, 0.5) is 4.79 Å². The van der Waals surface area contributed by atoms with E-state index in [9.17, 15) is 9.90 Å². The number of rotatable bonds is 9. The zero-order valence-electron chi connectivity index (χ0n) is 19.8. The molecule has 1 aromatic heterocycles. The Morgan fingerprint density at radius 2 is 1.77 bits per heavy atom. The number of aromatic amines is 1. The van der Waals surface area contributed by atoms with E-state index in [0.29, 0.717) is 18.8 Å². The van der Waals surface area contributed by atoms with Gasteiger partial charge >= 0.3 is 6.03 Å². The summed E-state index contributed by atoms with van der Waals surface area (Å²) in [4.78, 5) is 15.9. The molecule has 4 rings (SSSR count). The predicted octanol–water partition coefficient (Wildman–Crippen LogP) is 3.70. The van der Waals surface area contributed by atoms with Crippen molar-refractivity contribution in [1.29, 1.82) is 0 Å². The minimum Gasteiger partial charge on any atom is -0.392 e. The van der Waals surface area contributed by atoms with Crippen molar-refractivity contribution < 1.29 is 19.4 Å². The molecule has 186 valence electrons. The zero-order chi connectivity index (χ0) is 24.6. The summed E-state index contributed by atoms with van der Waals surface area (Å²) in [6, 6.07) is 15.6. The quantitative estimate of drug-likeness (QED) is 0.333. The highest BCUT2D eigenvalue weighted by Crippen LogP contribution is 2.42. The maximum Gasteiger partial charge on any atom is 0.315 e. The SMILES string of the molecule is CCNC(=O)NCc1ccc([C@@H]2O[C@H](CSc3ncn[nH]3)[C@H](C)[C@H](c3ccc(CO)cc3)O2)cc1. The van der Waals surface area contributed by atoms with Crippen molar-refractivity contribution in [2.45, 2.75) is 50.7 Å². The number of ether oxygens (including phenoxy) is 2. The molecule has 4 atom stereocenters. The van der Waals surface area contributed by atoms with Crippen LogP contribution in [-0.4, -0.2) is 44.7 Å². The number of H-pyrrole nitrogens is 1. The lowest BCUT2D eigenvalue weighted by Gasteiger charge is -2.41. The predicted molar refractivity (Wildman–Crippen MR) is 132 cm³/mol. The highest BCUT2D eigenvalue weighted by molar-refractivity contribution is 7.99. The molecule has 0 saturated carbocycles. The van der Waals surface area contributed by atoms with Gasteiger partial charge in [-0.1, -0.05) is 67.2 Å². The fraction of sp³-hybridized carbons (Fsp3) is 0.400. The van der Waals surface area contributed by atoms with E-state index in [0.717, 1.165) is 27.4 Å². The van der Waals surface area contributed by atoms with E-state index in [1.807, 2.05) is 55.5 Å². The van der Waals surface area contributed by atoms with Crippen LogP contribution in [0.25, 0.3) is 0 Å². The molecule has 35 heavy (non-hydrogen) atoms. The summed E-state index contributed by atoms with van der Waals surface area (Å²) in [5.74, 6) is 0.776. The fourth-order valence-corrected chi connectivity index (χ4v) is 4.88. The summed E-state index contributed by atoms with van der Waals surface area (Å²) in [7, 11) is 0. The molecule has 3 aromatic rings. The third-order valence-electron chi connectivity index (χ3n) is 5.94. The van der Waals surface area contributed by atoms with Gasteiger partial charge < -0.3 is 25.2 Å². The number of thioether (sulfide) groups is 1. The lowest BCUT2D eigenvalue weighted by molar-refractivity contribution is -0.268. The summed E-state index contributed by atoms with van der Waals surface area (Å²) in [6.45, 7) is 5.03. The number of benzene rings is 2. The minimum absolute atomic E-state index is 0.00481. The summed E-state index contributed by atoms with van der Waals surface area (Å²) in [6.07, 6.45) is 0.679. The van der Waals surface area contributed by atoms with Crippen molar-refractivity contribution >= 4 is 17.8 Å². The lowest BCUT2D eigenvalue weighted by atomic mass is 9.91. The highest BCUT2D eigenvalue weighted by atomic mass is 32.2. The zero-order valence-corrected chi connectivity index (χ0v) is 20.6. The number of amides is 2. The van der Waals surface area contributed by atoms with Crippen LogP contribution >= 0.6 is 11.8 Å². The number of aliphatic hydroxyl groups is 1. The average Bonchev–Trinajstić information content (AvgIpc) is 3.41. The Kier molecular flexibility index (Phi) is 8.75. The first-order valence-corrected chi connectivity index (χ1v) is 12.6. The standard InChI is InChI=1S/C25H31N5O4S/c1-3-26-24(32)27-12-17-4-10-20(11-5-17)23-33-21(14-35-25-28-15-29-30-25)16(2)22(34-23)19-8-6-18(13-31)7-9-19/h4-11,15-16,21-23,31H,3,12-14H2,1-2H3,(H2,26,27,32)(H,28,29,30)/t16-,21+,22+,23+/m0/s1. The van der Waals surface area contributed by atoms with Gasteiger partial charge in [0.1, 0.15) is 6.33 Å². The first kappa shape index (κ1) is 25.2. The summed E-state index contributed by atoms with van der Waals surface area (Å²) >= 11 is 1.56. The molecule has 1 aliphatic rings. The Balaban J connectivity index is 1.50. The van der Waals surface area contributed by atoms with Gasteiger partial charge in [0.05, 0.1) is 18.8 Å². The number of aliphatic hydroxyl groups excluding tert-OH is 1. The van der Waals surface area contributed by atoms with Gasteiger partial charge in [-0.05, 0) is 23.6 Å². The van der Waals surface area contributed by atoms with Crippen LogP contribution in [0, 0.1) is 5.92 Å². The van der Waals surface area contributed by atoms with Gasteiger partial charge in [-0.15, -0.1) is 0 Å². The smallest absolute Gasteiger partial charge is 0.315 e. The third-order valence-corrected chi connectivity index (χ3v) is 6.91. The second-order valence-corrected chi connectivity index (χ2v) is 9.39. The number of nitrogens with zero attached hydrogens (tertiary/aromatic N) is 2. The number of nitrogens with one attached hydrogen (secondary N) is 3. The first-order valence-electron chi connectivity index (χ1n) is 11.7. The van der Waals surface area contributed by atoms with Crippen LogP contribution in [0.2, 0.25) is 0 Å². The van der Waals surface area contributed by atoms with Gasteiger partial charge in [0.15, 0.2) is 11.4 Å². The monoisotopic (exact) mass is 497 g/mol. The van der Waals surface area contributed by atoms with E-state index >= 15 is 0 Å². The fourth-order valence-electron chi connectivity index (χ4n) is 3.93. The molecule has 2 heterocycles. The van der Waals surface area contributed by atoms with E-state index < -0.39 is 6.29 Å². The van der Waals surface area contributed by atoms with Crippen molar-refractivity contribution in [2.24, 2.45) is 5.92 Å². The van der Waals surface area contributed by atoms with Crippen molar-refractivity contribution in [2.75, 3.05) is 12.3 Å². The molecule has 10 heteroatoms. The Bertz CT molecular complexity index is 1060. The van der Waals surface area contributed by atoms with Gasteiger partial charge in [-0.3, -0.25) is 5.10 Å². The molecule has 0 unspecified atom stereocenters. The Labute approximate surface area is 209 Å². The van der Waals surface area contributed by atoms with E-state index in [2.05, 4.69) is 32.7 Å². The van der Waals surface area contributed by atoms with Crippen molar-refractivity contribution in [3.63, 3.8) is 0 Å². The maximum atomic E-state index is 11.7.